The summed E-state index contributed by atoms with van der Waals surface area (Å²) in [5.41, 5.74) is 4.98. The van der Waals surface area contributed by atoms with E-state index in [1.54, 1.807) is 0 Å². The monoisotopic (exact) mass is 164 g/mol. The molecule has 0 saturated heterocycles. The fourth-order valence-electron chi connectivity index (χ4n) is 1.85. The highest BCUT2D eigenvalue weighted by Gasteiger charge is 2.06. The van der Waals surface area contributed by atoms with E-state index in [9.17, 15) is 0 Å². The van der Waals surface area contributed by atoms with Gasteiger partial charge in [-0.15, -0.1) is 5.73 Å². The summed E-state index contributed by atoms with van der Waals surface area (Å²) in [6.45, 7) is 4.50. The topological polar surface area (TPSA) is 0 Å². The van der Waals surface area contributed by atoms with Crippen molar-refractivity contribution in [2.24, 2.45) is 5.92 Å². The fourth-order valence-corrected chi connectivity index (χ4v) is 1.85. The van der Waals surface area contributed by atoms with Crippen molar-refractivity contribution < 1.29 is 0 Å². The molecule has 0 amide bonds. The SMILES string of the molecule is CCCC1C=C=C(CC)CCC1. The lowest BCUT2D eigenvalue weighted by molar-refractivity contribution is 0.521. The van der Waals surface area contributed by atoms with Crippen LogP contribution in [-0.4, -0.2) is 0 Å². The maximum atomic E-state index is 3.46. The lowest BCUT2D eigenvalue weighted by atomic mass is 9.98. The van der Waals surface area contributed by atoms with Crippen molar-refractivity contribution in [1.82, 2.24) is 0 Å². The van der Waals surface area contributed by atoms with E-state index in [2.05, 4.69) is 25.7 Å². The molecule has 0 fully saturated rings. The predicted molar refractivity (Wildman–Crippen MR) is 54.1 cm³/mol. The largest absolute Gasteiger partial charge is 0.126 e. The Labute approximate surface area is 76.4 Å². The van der Waals surface area contributed by atoms with Crippen LogP contribution in [0.15, 0.2) is 17.4 Å². The molecule has 0 heteroatoms. The second kappa shape index (κ2) is 5.22. The molecule has 1 rings (SSSR count). The first kappa shape index (κ1) is 9.61. The minimum atomic E-state index is 0.819. The molecule has 0 N–H and O–H groups in total. The van der Waals surface area contributed by atoms with Crippen molar-refractivity contribution in [3.05, 3.63) is 17.4 Å². The molecular formula is C12H20. The molecule has 0 heterocycles. The van der Waals surface area contributed by atoms with Crippen LogP contribution in [0.4, 0.5) is 0 Å². The Morgan fingerprint density at radius 1 is 1.50 bits per heavy atom. The highest BCUT2D eigenvalue weighted by Crippen LogP contribution is 2.22. The molecule has 0 aromatic carbocycles. The van der Waals surface area contributed by atoms with Gasteiger partial charge in [0.05, 0.1) is 0 Å². The number of hydrogen-bond acceptors (Lipinski definition) is 0. The van der Waals surface area contributed by atoms with Crippen molar-refractivity contribution in [1.29, 1.82) is 0 Å². The normalized spacial score (nSPS) is 23.5. The first-order chi connectivity index (χ1) is 5.86. The molecule has 68 valence electrons. The van der Waals surface area contributed by atoms with Crippen molar-refractivity contribution in [2.75, 3.05) is 0 Å². The lowest BCUT2D eigenvalue weighted by Gasteiger charge is -2.07. The molecule has 1 aliphatic rings. The molecule has 0 nitrogen and oxygen atoms in total. The highest BCUT2D eigenvalue weighted by molar-refractivity contribution is 5.05. The summed E-state index contributed by atoms with van der Waals surface area (Å²) in [6.07, 6.45) is 10.2. The summed E-state index contributed by atoms with van der Waals surface area (Å²) in [7, 11) is 0. The highest BCUT2D eigenvalue weighted by atomic mass is 14.1. The third-order valence-corrected chi connectivity index (χ3v) is 2.66. The third-order valence-electron chi connectivity index (χ3n) is 2.66. The number of allylic oxidation sites excluding steroid dienone is 1. The molecule has 0 radical (unpaired) electrons. The van der Waals surface area contributed by atoms with Crippen molar-refractivity contribution >= 4 is 0 Å². The van der Waals surface area contributed by atoms with Crippen molar-refractivity contribution in [3.63, 3.8) is 0 Å². The van der Waals surface area contributed by atoms with Crippen LogP contribution in [0, 0.1) is 5.92 Å². The maximum Gasteiger partial charge on any atom is -0.0157 e. The first-order valence-corrected chi connectivity index (χ1v) is 5.31. The Balaban J connectivity index is 2.53. The summed E-state index contributed by atoms with van der Waals surface area (Å²) in [5, 5.41) is 0. The molecule has 0 spiro atoms. The van der Waals surface area contributed by atoms with E-state index in [0.29, 0.717) is 0 Å². The lowest BCUT2D eigenvalue weighted by Crippen LogP contribution is -1.93. The molecule has 0 bridgehead atoms. The van der Waals surface area contributed by atoms with Gasteiger partial charge in [-0.05, 0) is 49.7 Å². The molecule has 1 unspecified atom stereocenters. The van der Waals surface area contributed by atoms with E-state index >= 15 is 0 Å². The Morgan fingerprint density at radius 3 is 3.00 bits per heavy atom. The van der Waals surface area contributed by atoms with Crippen LogP contribution >= 0.6 is 0 Å². The Bertz CT molecular complexity index is 180. The summed E-state index contributed by atoms with van der Waals surface area (Å²) < 4.78 is 0. The van der Waals surface area contributed by atoms with Crippen molar-refractivity contribution in [3.8, 4) is 0 Å². The van der Waals surface area contributed by atoms with Gasteiger partial charge in [0.25, 0.3) is 0 Å². The quantitative estimate of drug-likeness (QED) is 0.551. The standard InChI is InChI=1S/C12H20/c1-3-6-12-8-5-7-11(4-2)9-10-12/h10,12H,3-8H2,1-2H3. The zero-order chi connectivity index (χ0) is 8.81. The van der Waals surface area contributed by atoms with Crippen LogP contribution in [0.5, 0.6) is 0 Å². The average molecular weight is 164 g/mol. The van der Waals surface area contributed by atoms with Gasteiger partial charge < -0.3 is 0 Å². The zero-order valence-corrected chi connectivity index (χ0v) is 8.40. The molecule has 0 aliphatic heterocycles. The van der Waals surface area contributed by atoms with Gasteiger partial charge in [0.15, 0.2) is 0 Å². The number of hydrogen-bond donors (Lipinski definition) is 0. The van der Waals surface area contributed by atoms with Crippen LogP contribution < -0.4 is 0 Å². The van der Waals surface area contributed by atoms with E-state index in [1.807, 2.05) is 0 Å². The van der Waals surface area contributed by atoms with Gasteiger partial charge in [0.2, 0.25) is 0 Å². The van der Waals surface area contributed by atoms with E-state index in [1.165, 1.54) is 44.1 Å². The third kappa shape index (κ3) is 2.87. The minimum Gasteiger partial charge on any atom is -0.126 e. The summed E-state index contributed by atoms with van der Waals surface area (Å²) in [6, 6.07) is 0. The molecular weight excluding hydrogens is 144 g/mol. The van der Waals surface area contributed by atoms with E-state index in [-0.39, 0.29) is 0 Å². The molecule has 0 aromatic heterocycles. The van der Waals surface area contributed by atoms with Gasteiger partial charge in [-0.25, -0.2) is 0 Å². The van der Waals surface area contributed by atoms with Gasteiger partial charge in [-0.3, -0.25) is 0 Å². The summed E-state index contributed by atoms with van der Waals surface area (Å²) >= 11 is 0. The van der Waals surface area contributed by atoms with Crippen LogP contribution in [-0.2, 0) is 0 Å². The van der Waals surface area contributed by atoms with Crippen LogP contribution in [0.3, 0.4) is 0 Å². The zero-order valence-electron chi connectivity index (χ0n) is 8.40. The van der Waals surface area contributed by atoms with E-state index < -0.39 is 0 Å². The van der Waals surface area contributed by atoms with E-state index in [0.717, 1.165) is 5.92 Å². The average Bonchev–Trinajstić information content (AvgIpc) is 2.31. The second-order valence-corrected chi connectivity index (χ2v) is 3.71. The predicted octanol–water partition coefficient (Wildman–Crippen LogP) is 4.08. The summed E-state index contributed by atoms with van der Waals surface area (Å²) in [4.78, 5) is 0. The van der Waals surface area contributed by atoms with Gasteiger partial charge in [-0.2, -0.15) is 0 Å². The van der Waals surface area contributed by atoms with Crippen LogP contribution in [0.2, 0.25) is 0 Å². The van der Waals surface area contributed by atoms with E-state index in [4.69, 9.17) is 0 Å². The van der Waals surface area contributed by atoms with Gasteiger partial charge >= 0.3 is 0 Å². The van der Waals surface area contributed by atoms with Gasteiger partial charge in [-0.1, -0.05) is 20.3 Å². The molecule has 1 atom stereocenters. The van der Waals surface area contributed by atoms with Gasteiger partial charge in [0.1, 0.15) is 0 Å². The Kier molecular flexibility index (Phi) is 4.18. The Hall–Kier alpha value is -0.480. The minimum absolute atomic E-state index is 0.819. The van der Waals surface area contributed by atoms with Crippen LogP contribution in [0.25, 0.3) is 0 Å². The first-order valence-electron chi connectivity index (χ1n) is 5.31. The molecule has 0 aromatic rings. The van der Waals surface area contributed by atoms with Gasteiger partial charge in [0, 0.05) is 0 Å². The molecule has 1 aliphatic carbocycles. The summed E-state index contributed by atoms with van der Waals surface area (Å²) in [5.74, 6) is 0.819. The number of rotatable bonds is 3. The molecule has 12 heavy (non-hydrogen) atoms. The van der Waals surface area contributed by atoms with Crippen LogP contribution in [0.1, 0.15) is 52.4 Å². The molecule has 0 saturated carbocycles. The fraction of sp³-hybridized carbons (Fsp3) is 0.750. The van der Waals surface area contributed by atoms with Crippen molar-refractivity contribution in [2.45, 2.75) is 52.4 Å². The smallest absolute Gasteiger partial charge is 0.0157 e. The second-order valence-electron chi connectivity index (χ2n) is 3.71. The maximum absolute atomic E-state index is 3.46. The Morgan fingerprint density at radius 2 is 2.33 bits per heavy atom.